The van der Waals surface area contributed by atoms with Crippen LogP contribution in [0.4, 0.5) is 0 Å². The largest absolute Gasteiger partial charge is 0.318 e. The summed E-state index contributed by atoms with van der Waals surface area (Å²) in [6.07, 6.45) is 0. The summed E-state index contributed by atoms with van der Waals surface area (Å²) in [7, 11) is 0. The van der Waals surface area contributed by atoms with E-state index in [0.29, 0.717) is 11.7 Å². The van der Waals surface area contributed by atoms with Crippen molar-refractivity contribution in [1.29, 1.82) is 0 Å². The van der Waals surface area contributed by atoms with E-state index in [2.05, 4.69) is 85.0 Å². The maximum absolute atomic E-state index is 6.37. The molecule has 0 spiro atoms. The molecule has 0 N–H and O–H groups in total. The monoisotopic (exact) mass is 349 g/mol. The Balaban J connectivity index is 1.82. The van der Waals surface area contributed by atoms with Gasteiger partial charge in [-0.25, -0.2) is 0 Å². The molecule has 0 aliphatic carbocycles. The molecule has 0 aliphatic heterocycles. The minimum absolute atomic E-state index is 0.551. The highest BCUT2D eigenvalue weighted by atomic mass is 35.5. The van der Waals surface area contributed by atoms with Crippen LogP contribution in [0.2, 0.25) is 5.15 Å². The van der Waals surface area contributed by atoms with Gasteiger partial charge in [0.1, 0.15) is 0 Å². The lowest BCUT2D eigenvalue weighted by atomic mass is 10.1. The summed E-state index contributed by atoms with van der Waals surface area (Å²) in [6, 6.07) is 19.1. The molecular weight excluding hydrogens is 330 g/mol. The van der Waals surface area contributed by atoms with Gasteiger partial charge in [0, 0.05) is 22.5 Å². The van der Waals surface area contributed by atoms with Gasteiger partial charge in [0.25, 0.3) is 0 Å². The number of hydrogen-bond donors (Lipinski definition) is 0. The molecule has 3 nitrogen and oxygen atoms in total. The Hall–Kier alpha value is -2.52. The molecular formula is C21H20ClN3. The number of halogens is 1. The maximum Gasteiger partial charge on any atom is 0.158 e. The third-order valence-electron chi connectivity index (χ3n) is 4.67. The van der Waals surface area contributed by atoms with E-state index in [1.54, 1.807) is 0 Å². The van der Waals surface area contributed by atoms with E-state index in [1.165, 1.54) is 22.5 Å². The molecule has 0 bridgehead atoms. The van der Waals surface area contributed by atoms with Crippen molar-refractivity contribution in [2.24, 2.45) is 0 Å². The van der Waals surface area contributed by atoms with Crippen molar-refractivity contribution in [3.05, 3.63) is 82.3 Å². The normalized spacial score (nSPS) is 11.4. The van der Waals surface area contributed by atoms with Gasteiger partial charge in [0.15, 0.2) is 5.15 Å². The Kier molecular flexibility index (Phi) is 3.89. The van der Waals surface area contributed by atoms with Crippen LogP contribution in [0.5, 0.6) is 0 Å². The van der Waals surface area contributed by atoms with Gasteiger partial charge in [0.2, 0.25) is 0 Å². The number of rotatable bonds is 3. The Morgan fingerprint density at radius 2 is 1.56 bits per heavy atom. The molecule has 0 saturated heterocycles. The van der Waals surface area contributed by atoms with Crippen LogP contribution in [0.1, 0.15) is 22.5 Å². The summed E-state index contributed by atoms with van der Waals surface area (Å²) >= 11 is 6.37. The molecule has 0 aliphatic rings. The van der Waals surface area contributed by atoms with Crippen LogP contribution in [0.3, 0.4) is 0 Å². The predicted octanol–water partition coefficient (Wildman–Crippen LogP) is 5.45. The Labute approximate surface area is 152 Å². The summed E-state index contributed by atoms with van der Waals surface area (Å²) in [5.41, 5.74) is 7.09. The van der Waals surface area contributed by atoms with E-state index >= 15 is 0 Å². The Bertz CT molecular complexity index is 1040. The molecule has 25 heavy (non-hydrogen) atoms. The van der Waals surface area contributed by atoms with Crippen LogP contribution in [0.25, 0.3) is 16.6 Å². The van der Waals surface area contributed by atoms with Crippen molar-refractivity contribution >= 4 is 22.5 Å². The second-order valence-electron chi connectivity index (χ2n) is 6.59. The SMILES string of the molecule is Cc1ccc(Cn2nc(Cl)c3ccc(-n4c(C)ccc4C)cc32)cc1. The van der Waals surface area contributed by atoms with E-state index in [9.17, 15) is 0 Å². The molecule has 126 valence electrons. The van der Waals surface area contributed by atoms with E-state index in [-0.39, 0.29) is 0 Å². The second-order valence-corrected chi connectivity index (χ2v) is 6.95. The van der Waals surface area contributed by atoms with Gasteiger partial charge in [-0.05, 0) is 56.7 Å². The van der Waals surface area contributed by atoms with E-state index in [1.807, 2.05) is 4.68 Å². The lowest BCUT2D eigenvalue weighted by Crippen LogP contribution is -2.03. The van der Waals surface area contributed by atoms with E-state index in [4.69, 9.17) is 11.6 Å². The van der Waals surface area contributed by atoms with Gasteiger partial charge in [-0.15, -0.1) is 0 Å². The molecule has 0 radical (unpaired) electrons. The molecule has 0 unspecified atom stereocenters. The van der Waals surface area contributed by atoms with Crippen molar-refractivity contribution in [2.45, 2.75) is 27.3 Å². The Morgan fingerprint density at radius 3 is 2.24 bits per heavy atom. The van der Waals surface area contributed by atoms with Gasteiger partial charge in [0.05, 0.1) is 12.1 Å². The number of aryl methyl sites for hydroxylation is 3. The molecule has 0 atom stereocenters. The molecule has 4 heteroatoms. The van der Waals surface area contributed by atoms with Crippen LogP contribution in [-0.4, -0.2) is 14.3 Å². The van der Waals surface area contributed by atoms with Gasteiger partial charge in [-0.2, -0.15) is 5.10 Å². The van der Waals surface area contributed by atoms with Gasteiger partial charge in [-0.3, -0.25) is 4.68 Å². The first kappa shape index (κ1) is 16.0. The third kappa shape index (κ3) is 2.85. The van der Waals surface area contributed by atoms with Crippen molar-refractivity contribution in [3.63, 3.8) is 0 Å². The van der Waals surface area contributed by atoms with Crippen LogP contribution in [0.15, 0.2) is 54.6 Å². The van der Waals surface area contributed by atoms with Gasteiger partial charge < -0.3 is 4.57 Å². The van der Waals surface area contributed by atoms with Crippen molar-refractivity contribution in [3.8, 4) is 5.69 Å². The molecule has 0 saturated carbocycles. The van der Waals surface area contributed by atoms with Crippen LogP contribution >= 0.6 is 11.6 Å². The highest BCUT2D eigenvalue weighted by Crippen LogP contribution is 2.27. The summed E-state index contributed by atoms with van der Waals surface area (Å²) in [4.78, 5) is 0. The van der Waals surface area contributed by atoms with E-state index in [0.717, 1.165) is 16.6 Å². The fourth-order valence-corrected chi connectivity index (χ4v) is 3.57. The van der Waals surface area contributed by atoms with Crippen molar-refractivity contribution in [1.82, 2.24) is 14.3 Å². The molecule has 2 aromatic heterocycles. The first-order valence-corrected chi connectivity index (χ1v) is 8.77. The van der Waals surface area contributed by atoms with Crippen LogP contribution < -0.4 is 0 Å². The average Bonchev–Trinajstić information content (AvgIpc) is 3.09. The first-order chi connectivity index (χ1) is 12.0. The number of benzene rings is 2. The number of hydrogen-bond acceptors (Lipinski definition) is 1. The summed E-state index contributed by atoms with van der Waals surface area (Å²) in [5.74, 6) is 0. The van der Waals surface area contributed by atoms with Gasteiger partial charge >= 0.3 is 0 Å². The highest BCUT2D eigenvalue weighted by molar-refractivity contribution is 6.34. The lowest BCUT2D eigenvalue weighted by Gasteiger charge is -2.11. The lowest BCUT2D eigenvalue weighted by molar-refractivity contribution is 0.712. The predicted molar refractivity (Wildman–Crippen MR) is 104 cm³/mol. The minimum atomic E-state index is 0.551. The fourth-order valence-electron chi connectivity index (χ4n) is 3.32. The summed E-state index contributed by atoms with van der Waals surface area (Å²) in [5, 5.41) is 6.08. The standard InChI is InChI=1S/C21H20ClN3/c1-14-4-8-17(9-5-14)13-24-20-12-18(10-11-19(20)21(22)23-24)25-15(2)6-7-16(25)3/h4-12H,13H2,1-3H3. The number of nitrogens with zero attached hydrogens (tertiary/aromatic N) is 3. The minimum Gasteiger partial charge on any atom is -0.318 e. The molecule has 2 heterocycles. The second kappa shape index (κ2) is 6.08. The summed E-state index contributed by atoms with van der Waals surface area (Å²) < 4.78 is 4.23. The number of fused-ring (bicyclic) bond motifs is 1. The first-order valence-electron chi connectivity index (χ1n) is 8.40. The van der Waals surface area contributed by atoms with Gasteiger partial charge in [-0.1, -0.05) is 41.4 Å². The molecule has 0 amide bonds. The number of aromatic nitrogens is 3. The van der Waals surface area contributed by atoms with Crippen molar-refractivity contribution < 1.29 is 0 Å². The maximum atomic E-state index is 6.37. The Morgan fingerprint density at radius 1 is 0.880 bits per heavy atom. The zero-order valence-corrected chi connectivity index (χ0v) is 15.4. The smallest absolute Gasteiger partial charge is 0.158 e. The average molecular weight is 350 g/mol. The fraction of sp³-hybridized carbons (Fsp3) is 0.190. The zero-order valence-electron chi connectivity index (χ0n) is 14.6. The zero-order chi connectivity index (χ0) is 17.6. The molecule has 4 aromatic rings. The van der Waals surface area contributed by atoms with E-state index < -0.39 is 0 Å². The molecule has 2 aromatic carbocycles. The molecule has 0 fully saturated rings. The summed E-state index contributed by atoms with van der Waals surface area (Å²) in [6.45, 7) is 7.04. The quantitative estimate of drug-likeness (QED) is 0.482. The molecule has 4 rings (SSSR count). The highest BCUT2D eigenvalue weighted by Gasteiger charge is 2.12. The van der Waals surface area contributed by atoms with Crippen LogP contribution in [0, 0.1) is 20.8 Å². The third-order valence-corrected chi connectivity index (χ3v) is 4.95. The topological polar surface area (TPSA) is 22.8 Å². The van der Waals surface area contributed by atoms with Crippen molar-refractivity contribution in [2.75, 3.05) is 0 Å². The van der Waals surface area contributed by atoms with Crippen LogP contribution in [-0.2, 0) is 6.54 Å².